The quantitative estimate of drug-likeness (QED) is 0.681. The maximum Gasteiger partial charge on any atom is 0.162 e. The predicted molar refractivity (Wildman–Crippen MR) is 82.8 cm³/mol. The Morgan fingerprint density at radius 3 is 2.32 bits per heavy atom. The fraction of sp³-hybridized carbons (Fsp3) is 0.600. The predicted octanol–water partition coefficient (Wildman–Crippen LogP) is 5.37. The Hall–Kier alpha value is -0.410. The Balaban J connectivity index is 2.33. The minimum Gasteiger partial charge on any atom is -0.490 e. The minimum atomic E-state index is 0.257. The summed E-state index contributed by atoms with van der Waals surface area (Å²) in [6.45, 7) is 5.80. The highest BCUT2D eigenvalue weighted by Gasteiger charge is 2.23. The van der Waals surface area contributed by atoms with Crippen molar-refractivity contribution in [2.75, 3.05) is 13.2 Å². The number of halogens is 2. The van der Waals surface area contributed by atoms with Crippen molar-refractivity contribution < 1.29 is 9.47 Å². The van der Waals surface area contributed by atoms with Crippen LogP contribution in [0.5, 0.6) is 11.5 Å². The molecule has 4 heteroatoms. The van der Waals surface area contributed by atoms with Gasteiger partial charge in [0.25, 0.3) is 0 Å². The lowest BCUT2D eigenvalue weighted by Gasteiger charge is -2.22. The van der Waals surface area contributed by atoms with Crippen LogP contribution < -0.4 is 9.47 Å². The molecule has 106 valence electrons. The molecule has 0 radical (unpaired) electrons. The summed E-state index contributed by atoms with van der Waals surface area (Å²) < 4.78 is 11.4. The average Bonchev–Trinajstić information content (AvgIpc) is 2.63. The molecule has 0 saturated carbocycles. The highest BCUT2D eigenvalue weighted by molar-refractivity contribution is 9.09. The molecule has 1 atom stereocenters. The minimum absolute atomic E-state index is 0.257. The van der Waals surface area contributed by atoms with Crippen molar-refractivity contribution in [3.8, 4) is 11.5 Å². The van der Waals surface area contributed by atoms with Gasteiger partial charge in [0, 0.05) is 22.3 Å². The van der Waals surface area contributed by atoms with Gasteiger partial charge in [-0.25, -0.2) is 0 Å². The third-order valence-electron chi connectivity index (χ3n) is 3.63. The summed E-state index contributed by atoms with van der Waals surface area (Å²) in [5.74, 6) is 2.14. The largest absolute Gasteiger partial charge is 0.490 e. The Morgan fingerprint density at radius 2 is 1.74 bits per heavy atom. The van der Waals surface area contributed by atoms with E-state index in [4.69, 9.17) is 21.1 Å². The number of fused-ring (bicyclic) bond motifs is 1. The fourth-order valence-corrected chi connectivity index (χ4v) is 3.90. The van der Waals surface area contributed by atoms with Gasteiger partial charge in [-0.2, -0.15) is 0 Å². The molecule has 1 aromatic rings. The lowest BCUT2D eigenvalue weighted by atomic mass is 9.94. The molecule has 0 amide bonds. The van der Waals surface area contributed by atoms with Gasteiger partial charge in [-0.3, -0.25) is 0 Å². The van der Waals surface area contributed by atoms with Crippen LogP contribution in [0.1, 0.15) is 43.5 Å². The summed E-state index contributed by atoms with van der Waals surface area (Å²) in [5, 5.41) is 0.748. The van der Waals surface area contributed by atoms with E-state index in [1.54, 1.807) is 0 Å². The molecule has 1 heterocycles. The second-order valence-corrected chi connectivity index (χ2v) is 6.24. The Morgan fingerprint density at radius 1 is 1.16 bits per heavy atom. The molecule has 1 aliphatic heterocycles. The molecule has 1 aliphatic rings. The lowest BCUT2D eigenvalue weighted by molar-refractivity contribution is 0.297. The highest BCUT2D eigenvalue weighted by atomic mass is 79.9. The molecule has 0 spiro atoms. The van der Waals surface area contributed by atoms with E-state index in [-0.39, 0.29) is 4.83 Å². The zero-order chi connectivity index (χ0) is 13.8. The number of hydrogen-bond donors (Lipinski definition) is 0. The van der Waals surface area contributed by atoms with Crippen LogP contribution in [-0.4, -0.2) is 13.2 Å². The van der Waals surface area contributed by atoms with Gasteiger partial charge >= 0.3 is 0 Å². The van der Waals surface area contributed by atoms with Gasteiger partial charge in [0.2, 0.25) is 0 Å². The lowest BCUT2D eigenvalue weighted by Crippen LogP contribution is -2.06. The molecule has 0 aliphatic carbocycles. The normalized spacial score (nSPS) is 16.3. The highest BCUT2D eigenvalue weighted by Crippen LogP contribution is 2.43. The molecule has 0 fully saturated rings. The Kier molecular flexibility index (Phi) is 5.40. The first-order chi connectivity index (χ1) is 9.17. The van der Waals surface area contributed by atoms with Crippen LogP contribution in [0.3, 0.4) is 0 Å². The van der Waals surface area contributed by atoms with Crippen LogP contribution in [-0.2, 0) is 0 Å². The van der Waals surface area contributed by atoms with E-state index in [0.717, 1.165) is 41.3 Å². The second kappa shape index (κ2) is 6.85. The molecule has 0 saturated heterocycles. The third kappa shape index (κ3) is 3.38. The first kappa shape index (κ1) is 15.0. The number of benzene rings is 1. The summed E-state index contributed by atoms with van der Waals surface area (Å²) in [6, 6.07) is 3.91. The first-order valence-corrected chi connectivity index (χ1v) is 8.19. The van der Waals surface area contributed by atoms with E-state index in [1.807, 2.05) is 12.1 Å². The maximum atomic E-state index is 6.40. The van der Waals surface area contributed by atoms with Crippen molar-refractivity contribution in [1.82, 2.24) is 0 Å². The SMILES string of the molecule is CCC(CC)C(Br)c1cc2c(cc1Cl)OCCCO2. The zero-order valence-corrected chi connectivity index (χ0v) is 13.8. The molecule has 2 nitrogen and oxygen atoms in total. The van der Waals surface area contributed by atoms with Crippen molar-refractivity contribution in [3.63, 3.8) is 0 Å². The van der Waals surface area contributed by atoms with E-state index in [1.165, 1.54) is 0 Å². The van der Waals surface area contributed by atoms with E-state index >= 15 is 0 Å². The first-order valence-electron chi connectivity index (χ1n) is 6.90. The van der Waals surface area contributed by atoms with Crippen molar-refractivity contribution >= 4 is 27.5 Å². The van der Waals surface area contributed by atoms with Gasteiger partial charge in [-0.05, 0) is 17.5 Å². The average molecular weight is 348 g/mol. The van der Waals surface area contributed by atoms with Gasteiger partial charge in [-0.15, -0.1) is 0 Å². The van der Waals surface area contributed by atoms with E-state index in [0.29, 0.717) is 19.1 Å². The maximum absolute atomic E-state index is 6.40. The summed E-state index contributed by atoms with van der Waals surface area (Å²) >= 11 is 10.2. The van der Waals surface area contributed by atoms with Crippen molar-refractivity contribution in [2.45, 2.75) is 37.9 Å². The van der Waals surface area contributed by atoms with E-state index in [9.17, 15) is 0 Å². The van der Waals surface area contributed by atoms with Gasteiger partial charge in [-0.1, -0.05) is 54.2 Å². The number of hydrogen-bond acceptors (Lipinski definition) is 2. The van der Waals surface area contributed by atoms with Crippen molar-refractivity contribution in [2.24, 2.45) is 5.92 Å². The monoisotopic (exact) mass is 346 g/mol. The zero-order valence-electron chi connectivity index (χ0n) is 11.4. The molecule has 1 unspecified atom stereocenters. The van der Waals surface area contributed by atoms with Crippen LogP contribution in [0.15, 0.2) is 12.1 Å². The van der Waals surface area contributed by atoms with Crippen LogP contribution in [0.2, 0.25) is 5.02 Å². The smallest absolute Gasteiger partial charge is 0.162 e. The van der Waals surface area contributed by atoms with Gasteiger partial charge in [0.05, 0.1) is 13.2 Å². The number of alkyl halides is 1. The molecular weight excluding hydrogens is 328 g/mol. The van der Waals surface area contributed by atoms with Crippen molar-refractivity contribution in [1.29, 1.82) is 0 Å². The standard InChI is InChI=1S/C15H20BrClO2/c1-3-10(4-2)15(16)11-8-13-14(9-12(11)17)19-7-5-6-18-13/h8-10,15H,3-7H2,1-2H3. The van der Waals surface area contributed by atoms with Gasteiger partial charge in [0.1, 0.15) is 0 Å². The molecular formula is C15H20BrClO2. The van der Waals surface area contributed by atoms with Crippen LogP contribution in [0, 0.1) is 5.92 Å². The topological polar surface area (TPSA) is 18.5 Å². The summed E-state index contributed by atoms with van der Waals surface area (Å²) in [7, 11) is 0. The van der Waals surface area contributed by atoms with Gasteiger partial charge < -0.3 is 9.47 Å². The molecule has 0 N–H and O–H groups in total. The molecule has 0 aromatic heterocycles. The fourth-order valence-electron chi connectivity index (χ4n) is 2.37. The van der Waals surface area contributed by atoms with Gasteiger partial charge in [0.15, 0.2) is 11.5 Å². The summed E-state index contributed by atoms with van der Waals surface area (Å²) in [6.07, 6.45) is 3.15. The number of ether oxygens (including phenoxy) is 2. The second-order valence-electron chi connectivity index (χ2n) is 4.85. The number of rotatable bonds is 4. The Bertz CT molecular complexity index is 432. The third-order valence-corrected chi connectivity index (χ3v) is 5.19. The van der Waals surface area contributed by atoms with Crippen LogP contribution in [0.25, 0.3) is 0 Å². The molecule has 0 bridgehead atoms. The molecule has 19 heavy (non-hydrogen) atoms. The van der Waals surface area contributed by atoms with E-state index in [2.05, 4.69) is 29.8 Å². The Labute approximate surface area is 128 Å². The van der Waals surface area contributed by atoms with Crippen molar-refractivity contribution in [3.05, 3.63) is 22.7 Å². The summed E-state index contributed by atoms with van der Waals surface area (Å²) in [4.78, 5) is 0.257. The van der Waals surface area contributed by atoms with Crippen LogP contribution in [0.4, 0.5) is 0 Å². The summed E-state index contributed by atoms with van der Waals surface area (Å²) in [5.41, 5.74) is 1.10. The van der Waals surface area contributed by atoms with Crippen LogP contribution >= 0.6 is 27.5 Å². The molecule has 1 aromatic carbocycles. The molecule has 2 rings (SSSR count). The van der Waals surface area contributed by atoms with E-state index < -0.39 is 0 Å².